The molecule has 1 heterocycles. The summed E-state index contributed by atoms with van der Waals surface area (Å²) in [6, 6.07) is -1.78. The number of nitrogens with zero attached hydrogens (tertiary/aromatic N) is 1. The highest BCUT2D eigenvalue weighted by molar-refractivity contribution is 5.82. The Hall–Kier alpha value is -1.34. The first-order valence-corrected chi connectivity index (χ1v) is 5.58. The van der Waals surface area contributed by atoms with Gasteiger partial charge >= 0.3 is 12.0 Å². The van der Waals surface area contributed by atoms with E-state index in [4.69, 9.17) is 14.9 Å². The van der Waals surface area contributed by atoms with Crippen molar-refractivity contribution in [1.29, 1.82) is 0 Å². The van der Waals surface area contributed by atoms with Crippen LogP contribution in [0.3, 0.4) is 0 Å². The fourth-order valence-electron chi connectivity index (χ4n) is 1.68. The maximum atomic E-state index is 11.8. The van der Waals surface area contributed by atoms with Gasteiger partial charge in [-0.2, -0.15) is 0 Å². The van der Waals surface area contributed by atoms with Crippen molar-refractivity contribution in [2.24, 2.45) is 0 Å². The molecule has 3 N–H and O–H groups in total. The number of nitrogens with one attached hydrogen (secondary N) is 1. The molecule has 2 amide bonds. The fourth-order valence-corrected chi connectivity index (χ4v) is 1.68. The Kier molecular flexibility index (Phi) is 5.17. The number of carbonyl (C=O) groups excluding carboxylic acids is 1. The van der Waals surface area contributed by atoms with Crippen molar-refractivity contribution in [3.8, 4) is 0 Å². The standard InChI is InChI=1S/C10H18N2O5/c1-2-7-6-17-4-3-12(7)10(16)11-8(5-13)9(14)15/h7-8,13H,2-6H2,1H3,(H,11,16)(H,14,15)/t7?,8-/m0/s1. The first kappa shape index (κ1) is 13.7. The van der Waals surface area contributed by atoms with Gasteiger partial charge in [0.05, 0.1) is 25.9 Å². The number of aliphatic hydroxyl groups is 1. The summed E-state index contributed by atoms with van der Waals surface area (Å²) >= 11 is 0. The van der Waals surface area contributed by atoms with Gasteiger partial charge in [-0.15, -0.1) is 0 Å². The Morgan fingerprint density at radius 3 is 2.82 bits per heavy atom. The first-order valence-electron chi connectivity index (χ1n) is 5.58. The number of carboxylic acids is 1. The van der Waals surface area contributed by atoms with Crippen LogP contribution in [-0.4, -0.2) is 65.6 Å². The zero-order chi connectivity index (χ0) is 12.8. The van der Waals surface area contributed by atoms with E-state index in [2.05, 4.69) is 5.32 Å². The Balaban J connectivity index is 2.58. The molecule has 1 rings (SSSR count). The van der Waals surface area contributed by atoms with Gasteiger partial charge in [0.15, 0.2) is 6.04 Å². The maximum Gasteiger partial charge on any atom is 0.328 e. The number of rotatable bonds is 4. The molecule has 1 saturated heterocycles. The van der Waals surface area contributed by atoms with E-state index in [1.807, 2.05) is 6.92 Å². The zero-order valence-corrected chi connectivity index (χ0v) is 9.76. The van der Waals surface area contributed by atoms with Crippen molar-refractivity contribution in [3.63, 3.8) is 0 Å². The third kappa shape index (κ3) is 3.57. The number of urea groups is 1. The van der Waals surface area contributed by atoms with Crippen LogP contribution in [0.5, 0.6) is 0 Å². The Labute approximate surface area is 99.4 Å². The molecule has 0 aliphatic carbocycles. The van der Waals surface area contributed by atoms with Crippen molar-refractivity contribution < 1.29 is 24.5 Å². The van der Waals surface area contributed by atoms with Crippen LogP contribution >= 0.6 is 0 Å². The van der Waals surface area contributed by atoms with E-state index >= 15 is 0 Å². The van der Waals surface area contributed by atoms with Gasteiger partial charge in [0.25, 0.3) is 0 Å². The van der Waals surface area contributed by atoms with Gasteiger partial charge in [-0.25, -0.2) is 9.59 Å². The molecule has 1 fully saturated rings. The summed E-state index contributed by atoms with van der Waals surface area (Å²) in [6.45, 7) is 2.65. The van der Waals surface area contributed by atoms with Gasteiger partial charge in [0, 0.05) is 6.54 Å². The largest absolute Gasteiger partial charge is 0.480 e. The molecule has 7 nitrogen and oxygen atoms in total. The zero-order valence-electron chi connectivity index (χ0n) is 9.76. The first-order chi connectivity index (χ1) is 8.10. The molecule has 0 bridgehead atoms. The number of ether oxygens (including phenoxy) is 1. The molecule has 0 aromatic rings. The van der Waals surface area contributed by atoms with Gasteiger partial charge in [-0.1, -0.05) is 6.92 Å². The average molecular weight is 246 g/mol. The molecule has 7 heteroatoms. The normalized spacial score (nSPS) is 22.0. The highest BCUT2D eigenvalue weighted by Gasteiger charge is 2.28. The molecule has 1 aliphatic rings. The third-order valence-electron chi connectivity index (χ3n) is 2.74. The lowest BCUT2D eigenvalue weighted by Crippen LogP contribution is -2.56. The van der Waals surface area contributed by atoms with E-state index in [1.165, 1.54) is 0 Å². The van der Waals surface area contributed by atoms with Crippen molar-refractivity contribution in [1.82, 2.24) is 10.2 Å². The van der Waals surface area contributed by atoms with Crippen molar-refractivity contribution in [2.45, 2.75) is 25.4 Å². The number of carbonyl (C=O) groups is 2. The van der Waals surface area contributed by atoms with Gasteiger partial charge in [0.1, 0.15) is 0 Å². The fraction of sp³-hybridized carbons (Fsp3) is 0.800. The average Bonchev–Trinajstić information content (AvgIpc) is 2.35. The highest BCUT2D eigenvalue weighted by Crippen LogP contribution is 2.10. The van der Waals surface area contributed by atoms with E-state index in [1.54, 1.807) is 4.90 Å². The lowest BCUT2D eigenvalue weighted by molar-refractivity contribution is -0.140. The number of hydrogen-bond donors (Lipinski definition) is 3. The monoisotopic (exact) mass is 246 g/mol. The van der Waals surface area contributed by atoms with E-state index in [0.29, 0.717) is 19.8 Å². The Bertz CT molecular complexity index is 284. The van der Waals surface area contributed by atoms with E-state index < -0.39 is 24.6 Å². The highest BCUT2D eigenvalue weighted by atomic mass is 16.5. The minimum absolute atomic E-state index is 0.0445. The van der Waals surface area contributed by atoms with Crippen LogP contribution in [-0.2, 0) is 9.53 Å². The van der Waals surface area contributed by atoms with Crippen LogP contribution in [0, 0.1) is 0 Å². The lowest BCUT2D eigenvalue weighted by atomic mass is 10.2. The molecule has 0 spiro atoms. The molecular weight excluding hydrogens is 228 g/mol. The molecule has 2 atom stereocenters. The number of morpholine rings is 1. The second kappa shape index (κ2) is 6.41. The quantitative estimate of drug-likeness (QED) is 0.606. The minimum atomic E-state index is -1.26. The summed E-state index contributed by atoms with van der Waals surface area (Å²) in [7, 11) is 0. The molecule has 17 heavy (non-hydrogen) atoms. The summed E-state index contributed by atoms with van der Waals surface area (Å²) in [5.74, 6) is -1.25. The maximum absolute atomic E-state index is 11.8. The number of amides is 2. The molecular formula is C10H18N2O5. The third-order valence-corrected chi connectivity index (χ3v) is 2.74. The van der Waals surface area contributed by atoms with Gasteiger partial charge < -0.3 is 25.2 Å². The summed E-state index contributed by atoms with van der Waals surface area (Å²) in [5, 5.41) is 19.8. The number of aliphatic hydroxyl groups excluding tert-OH is 1. The summed E-state index contributed by atoms with van der Waals surface area (Å²) < 4.78 is 5.24. The van der Waals surface area contributed by atoms with Crippen molar-refractivity contribution in [2.75, 3.05) is 26.4 Å². The minimum Gasteiger partial charge on any atom is -0.480 e. The van der Waals surface area contributed by atoms with Gasteiger partial charge in [-0.3, -0.25) is 0 Å². The van der Waals surface area contributed by atoms with Crippen molar-refractivity contribution in [3.05, 3.63) is 0 Å². The number of carboxylic acid groups (broad SMARTS) is 1. The van der Waals surface area contributed by atoms with Crippen molar-refractivity contribution >= 4 is 12.0 Å². The molecule has 0 radical (unpaired) electrons. The van der Waals surface area contributed by atoms with Crippen LogP contribution in [0.15, 0.2) is 0 Å². The molecule has 1 unspecified atom stereocenters. The lowest BCUT2D eigenvalue weighted by Gasteiger charge is -2.35. The van der Waals surface area contributed by atoms with Crippen LogP contribution in [0.25, 0.3) is 0 Å². The second-order valence-electron chi connectivity index (χ2n) is 3.85. The van der Waals surface area contributed by atoms with Gasteiger partial charge in [0.2, 0.25) is 0 Å². The van der Waals surface area contributed by atoms with Crippen LogP contribution < -0.4 is 5.32 Å². The van der Waals surface area contributed by atoms with E-state index in [-0.39, 0.29) is 6.04 Å². The molecule has 0 saturated carbocycles. The predicted octanol–water partition coefficient (Wildman–Crippen LogP) is -0.748. The predicted molar refractivity (Wildman–Crippen MR) is 58.6 cm³/mol. The summed E-state index contributed by atoms with van der Waals surface area (Å²) in [4.78, 5) is 24.1. The van der Waals surface area contributed by atoms with Crippen LogP contribution in [0.1, 0.15) is 13.3 Å². The molecule has 1 aliphatic heterocycles. The Morgan fingerprint density at radius 1 is 1.59 bits per heavy atom. The summed E-state index contributed by atoms with van der Waals surface area (Å²) in [6.07, 6.45) is 0.740. The van der Waals surface area contributed by atoms with Crippen LogP contribution in [0.2, 0.25) is 0 Å². The van der Waals surface area contributed by atoms with Gasteiger partial charge in [-0.05, 0) is 6.42 Å². The van der Waals surface area contributed by atoms with E-state index in [0.717, 1.165) is 6.42 Å². The SMILES string of the molecule is CCC1COCCN1C(=O)N[C@@H](CO)C(=O)O. The smallest absolute Gasteiger partial charge is 0.328 e. The summed E-state index contributed by atoms with van der Waals surface area (Å²) in [5.41, 5.74) is 0. The van der Waals surface area contributed by atoms with Crippen LogP contribution in [0.4, 0.5) is 4.79 Å². The molecule has 0 aromatic heterocycles. The van der Waals surface area contributed by atoms with E-state index in [9.17, 15) is 9.59 Å². The number of hydrogen-bond acceptors (Lipinski definition) is 4. The number of aliphatic carboxylic acids is 1. The second-order valence-corrected chi connectivity index (χ2v) is 3.85. The Morgan fingerprint density at radius 2 is 2.29 bits per heavy atom. The topological polar surface area (TPSA) is 99.1 Å². The molecule has 98 valence electrons. The molecule has 0 aromatic carbocycles.